The first-order chi connectivity index (χ1) is 31.4. The molecule has 0 radical (unpaired) electrons. The highest BCUT2D eigenvalue weighted by molar-refractivity contribution is 6.26. The predicted molar refractivity (Wildman–Crippen MR) is 213 cm³/mol. The molecule has 65 heavy (non-hydrogen) atoms. The van der Waals surface area contributed by atoms with Crippen LogP contribution in [0.2, 0.25) is 0 Å². The number of esters is 1. The van der Waals surface area contributed by atoms with E-state index >= 15 is 0 Å². The SMILES string of the molecule is O=C1CCC(N2C(=O)c3cccc(NC(=O)CCCCCOCCOCCOCCOCCOCCOCCOCCOCCC(=O)Oc4c(F)c(F)c(F)c(F)c4F)c3C2=O)C(=O)N1. The molecule has 2 aliphatic heterocycles. The zero-order valence-electron chi connectivity index (χ0n) is 35.5. The number of unbranched alkanes of at least 4 members (excludes halogenated alkanes) is 2. The minimum atomic E-state index is -2.36. The third-order valence-electron chi connectivity index (χ3n) is 9.37. The molecule has 2 aromatic rings. The van der Waals surface area contributed by atoms with Crippen molar-refractivity contribution in [3.05, 3.63) is 58.4 Å². The Kier molecular flexibility index (Phi) is 23.3. The average molecular weight is 934 g/mol. The molecular weight excluding hydrogens is 881 g/mol. The van der Waals surface area contributed by atoms with Gasteiger partial charge in [0.1, 0.15) is 6.04 Å². The summed E-state index contributed by atoms with van der Waals surface area (Å²) in [5.74, 6) is -17.1. The van der Waals surface area contributed by atoms with Crippen molar-refractivity contribution < 1.29 is 93.4 Å². The lowest BCUT2D eigenvalue weighted by atomic mass is 10.0. The van der Waals surface area contributed by atoms with Gasteiger partial charge in [-0.25, -0.2) is 13.2 Å². The number of hydrogen-bond acceptors (Lipinski definition) is 15. The molecule has 1 fully saturated rings. The van der Waals surface area contributed by atoms with Gasteiger partial charge in [-0.2, -0.15) is 8.78 Å². The van der Waals surface area contributed by atoms with Crippen LogP contribution in [-0.2, 0) is 57.1 Å². The largest absolute Gasteiger partial charge is 0.420 e. The predicted octanol–water partition coefficient (Wildman–Crippen LogP) is 3.41. The summed E-state index contributed by atoms with van der Waals surface area (Å²) in [6.45, 7) is 4.74. The van der Waals surface area contributed by atoms with Crippen molar-refractivity contribution in [1.29, 1.82) is 0 Å². The van der Waals surface area contributed by atoms with Crippen molar-refractivity contribution >= 4 is 41.2 Å². The average Bonchev–Trinajstić information content (AvgIpc) is 3.54. The summed E-state index contributed by atoms with van der Waals surface area (Å²) in [5.41, 5.74) is 0.311. The van der Waals surface area contributed by atoms with Gasteiger partial charge in [-0.1, -0.05) is 12.5 Å². The Morgan fingerprint density at radius 2 is 1.06 bits per heavy atom. The molecular formula is C42H52F5N3O15. The second-order valence-corrected chi connectivity index (χ2v) is 14.1. The van der Waals surface area contributed by atoms with E-state index < -0.39 is 76.9 Å². The molecule has 1 saturated heterocycles. The summed E-state index contributed by atoms with van der Waals surface area (Å²) < 4.78 is 114. The fraction of sp³-hybridized carbons (Fsp3) is 0.571. The molecule has 0 bridgehead atoms. The monoisotopic (exact) mass is 933 g/mol. The van der Waals surface area contributed by atoms with Gasteiger partial charge in [-0.15, -0.1) is 0 Å². The molecule has 2 aromatic carbocycles. The van der Waals surface area contributed by atoms with Crippen LogP contribution < -0.4 is 15.4 Å². The van der Waals surface area contributed by atoms with Crippen LogP contribution in [0.1, 0.15) is 65.7 Å². The van der Waals surface area contributed by atoms with Crippen LogP contribution in [0.3, 0.4) is 0 Å². The van der Waals surface area contributed by atoms with Gasteiger partial charge < -0.3 is 47.9 Å². The number of ether oxygens (including phenoxy) is 9. The molecule has 2 aliphatic rings. The highest BCUT2D eigenvalue weighted by atomic mass is 19.2. The van der Waals surface area contributed by atoms with E-state index in [9.17, 15) is 50.7 Å². The smallest absolute Gasteiger partial charge is 0.313 e. The highest BCUT2D eigenvalue weighted by Crippen LogP contribution is 2.33. The first-order valence-electron chi connectivity index (χ1n) is 20.9. The molecule has 2 heterocycles. The second kappa shape index (κ2) is 28.8. The summed E-state index contributed by atoms with van der Waals surface area (Å²) in [5, 5.41) is 4.87. The number of anilines is 1. The molecule has 0 saturated carbocycles. The molecule has 0 aromatic heterocycles. The summed E-state index contributed by atoms with van der Waals surface area (Å²) in [6, 6.07) is 3.45. The Hall–Kier alpha value is -5.01. The van der Waals surface area contributed by atoms with Crippen LogP contribution in [0.25, 0.3) is 0 Å². The first-order valence-corrected chi connectivity index (χ1v) is 20.9. The Bertz CT molecular complexity index is 1900. The van der Waals surface area contributed by atoms with Crippen LogP contribution in [0.5, 0.6) is 5.75 Å². The third-order valence-corrected chi connectivity index (χ3v) is 9.37. The number of piperidine rings is 1. The van der Waals surface area contributed by atoms with Gasteiger partial charge in [0, 0.05) is 19.4 Å². The Morgan fingerprint density at radius 1 is 0.585 bits per heavy atom. The van der Waals surface area contributed by atoms with E-state index in [0.717, 1.165) is 17.7 Å². The Balaban J connectivity index is 0.848. The van der Waals surface area contributed by atoms with E-state index in [0.29, 0.717) is 79.1 Å². The van der Waals surface area contributed by atoms with Crippen molar-refractivity contribution in [2.75, 3.05) is 111 Å². The second-order valence-electron chi connectivity index (χ2n) is 14.1. The lowest BCUT2D eigenvalue weighted by molar-refractivity contribution is -0.137. The molecule has 2 N–H and O–H groups in total. The lowest BCUT2D eigenvalue weighted by Crippen LogP contribution is -2.54. The minimum absolute atomic E-state index is 0.00918. The Morgan fingerprint density at radius 3 is 1.57 bits per heavy atom. The molecule has 23 heteroatoms. The number of carbonyl (C=O) groups is 6. The number of nitrogens with one attached hydrogen (secondary N) is 2. The van der Waals surface area contributed by atoms with Gasteiger partial charge in [0.15, 0.2) is 0 Å². The van der Waals surface area contributed by atoms with Crippen LogP contribution in [0.15, 0.2) is 18.2 Å². The van der Waals surface area contributed by atoms with Crippen LogP contribution in [-0.4, -0.2) is 152 Å². The van der Waals surface area contributed by atoms with Crippen molar-refractivity contribution in [2.45, 2.75) is 51.0 Å². The number of carbonyl (C=O) groups excluding carboxylic acids is 6. The zero-order valence-corrected chi connectivity index (χ0v) is 35.5. The van der Waals surface area contributed by atoms with E-state index in [1.54, 1.807) is 6.07 Å². The van der Waals surface area contributed by atoms with Crippen molar-refractivity contribution in [1.82, 2.24) is 10.2 Å². The zero-order chi connectivity index (χ0) is 47.0. The number of amides is 5. The van der Waals surface area contributed by atoms with Crippen LogP contribution in [0, 0.1) is 29.1 Å². The van der Waals surface area contributed by atoms with Gasteiger partial charge >= 0.3 is 5.97 Å². The van der Waals surface area contributed by atoms with Crippen molar-refractivity contribution in [2.24, 2.45) is 0 Å². The number of rotatable bonds is 33. The molecule has 1 unspecified atom stereocenters. The van der Waals surface area contributed by atoms with Gasteiger partial charge in [0.2, 0.25) is 52.6 Å². The summed E-state index contributed by atoms with van der Waals surface area (Å²) in [7, 11) is 0. The quantitative estimate of drug-likeness (QED) is 0.0200. The summed E-state index contributed by atoms with van der Waals surface area (Å²) in [4.78, 5) is 75.2. The molecule has 18 nitrogen and oxygen atoms in total. The van der Waals surface area contributed by atoms with Gasteiger partial charge in [0.25, 0.3) is 11.8 Å². The third kappa shape index (κ3) is 17.1. The van der Waals surface area contributed by atoms with Gasteiger partial charge in [0.05, 0.1) is 122 Å². The molecule has 0 spiro atoms. The first kappa shape index (κ1) is 52.6. The molecule has 5 amide bonds. The Labute approximate surface area is 370 Å². The number of benzene rings is 2. The molecule has 0 aliphatic carbocycles. The van der Waals surface area contributed by atoms with Crippen LogP contribution in [0.4, 0.5) is 27.6 Å². The summed E-state index contributed by atoms with van der Waals surface area (Å²) in [6.07, 6.45) is 1.77. The normalized spacial score (nSPS) is 14.8. The van der Waals surface area contributed by atoms with E-state index in [2.05, 4.69) is 15.4 Å². The number of halogens is 5. The standard InChI is InChI=1S/C42H52F5N3O15/c43-34-35(44)37(46)39(38(47)36(34)45)65-32(53)10-12-58-14-16-60-18-20-62-22-24-64-26-25-63-23-21-61-19-17-59-15-13-57-11-3-1-2-7-30(51)48-28-6-4-5-27-33(28)42(56)50(41(27)55)29-8-9-31(52)49-40(29)54/h4-6,29H,1-3,7-26H2,(H,48,51)(H,49,52,54). The fourth-order valence-electron chi connectivity index (χ4n) is 6.13. The van der Waals surface area contributed by atoms with E-state index in [1.807, 2.05) is 0 Å². The molecule has 4 rings (SSSR count). The molecule has 1 atom stereocenters. The van der Waals surface area contributed by atoms with E-state index in [4.69, 9.17) is 37.9 Å². The number of imide groups is 2. The van der Waals surface area contributed by atoms with Gasteiger partial charge in [-0.3, -0.25) is 39.0 Å². The van der Waals surface area contributed by atoms with Gasteiger partial charge in [-0.05, 0) is 31.4 Å². The molecule has 360 valence electrons. The number of nitrogens with zero attached hydrogens (tertiary/aromatic N) is 1. The minimum Gasteiger partial charge on any atom is -0.420 e. The van der Waals surface area contributed by atoms with Crippen LogP contribution >= 0.6 is 0 Å². The van der Waals surface area contributed by atoms with Crippen molar-refractivity contribution in [3.63, 3.8) is 0 Å². The van der Waals surface area contributed by atoms with E-state index in [-0.39, 0.29) is 75.0 Å². The number of hydrogen-bond donors (Lipinski definition) is 2. The number of fused-ring (bicyclic) bond motifs is 1. The maximum atomic E-state index is 13.6. The van der Waals surface area contributed by atoms with E-state index in [1.165, 1.54) is 12.1 Å². The fourth-order valence-corrected chi connectivity index (χ4v) is 6.13. The highest BCUT2D eigenvalue weighted by Gasteiger charge is 2.45. The topological polar surface area (TPSA) is 213 Å². The maximum Gasteiger partial charge on any atom is 0.313 e. The lowest BCUT2D eigenvalue weighted by Gasteiger charge is -2.27. The maximum absolute atomic E-state index is 13.6. The van der Waals surface area contributed by atoms with Crippen molar-refractivity contribution in [3.8, 4) is 5.75 Å². The summed E-state index contributed by atoms with van der Waals surface area (Å²) >= 11 is 0.